The van der Waals surface area contributed by atoms with Gasteiger partial charge >= 0.3 is 0 Å². The fourth-order valence-electron chi connectivity index (χ4n) is 3.86. The third-order valence-electron chi connectivity index (χ3n) is 5.85. The number of hydrogen-bond acceptors (Lipinski definition) is 2. The fourth-order valence-corrected chi connectivity index (χ4v) is 3.86. The molecule has 170 valence electrons. The van der Waals surface area contributed by atoms with Crippen LogP contribution in [0.5, 0.6) is 5.75 Å². The summed E-state index contributed by atoms with van der Waals surface area (Å²) in [5.41, 5.74) is 4.37. The molecule has 0 amide bonds. The van der Waals surface area contributed by atoms with Gasteiger partial charge in [-0.05, 0) is 60.7 Å². The average Bonchev–Trinajstić information content (AvgIpc) is 2.82. The van der Waals surface area contributed by atoms with Crippen LogP contribution in [0.4, 0.5) is 4.39 Å². The van der Waals surface area contributed by atoms with Gasteiger partial charge in [-0.15, -0.1) is 0 Å². The van der Waals surface area contributed by atoms with E-state index in [2.05, 4.69) is 18.8 Å². The zero-order valence-corrected chi connectivity index (χ0v) is 19.6. The first-order valence-corrected chi connectivity index (χ1v) is 12.2. The third-order valence-corrected chi connectivity index (χ3v) is 5.85. The number of nitrogens with zero attached hydrogens (tertiary/aromatic N) is 1. The highest BCUT2D eigenvalue weighted by atomic mass is 19.1. The lowest BCUT2D eigenvalue weighted by atomic mass is 10.0. The fraction of sp³-hybridized carbons (Fsp3) is 0.414. The number of ether oxygens (including phenoxy) is 1. The highest BCUT2D eigenvalue weighted by Gasteiger charge is 2.09. The SMILES string of the molecule is CCCCCCOc1ccc(-c2ccc(-c3ccc(CCCCCC)cc3F)nc2)cc1. The van der Waals surface area contributed by atoms with Gasteiger partial charge in [-0.25, -0.2) is 4.39 Å². The molecule has 0 saturated carbocycles. The predicted octanol–water partition coefficient (Wildman–Crippen LogP) is 8.64. The summed E-state index contributed by atoms with van der Waals surface area (Å²) in [6.45, 7) is 5.18. The molecule has 0 spiro atoms. The molecule has 2 aromatic carbocycles. The summed E-state index contributed by atoms with van der Waals surface area (Å²) in [5.74, 6) is 0.699. The van der Waals surface area contributed by atoms with Gasteiger partial charge in [0.25, 0.3) is 0 Å². The van der Waals surface area contributed by atoms with E-state index in [4.69, 9.17) is 4.74 Å². The summed E-state index contributed by atoms with van der Waals surface area (Å²) in [6.07, 6.45) is 12.3. The van der Waals surface area contributed by atoms with Crippen LogP contribution in [-0.2, 0) is 6.42 Å². The Kier molecular flexibility index (Phi) is 9.74. The van der Waals surface area contributed by atoms with Gasteiger partial charge in [-0.1, -0.05) is 76.6 Å². The Hall–Kier alpha value is -2.68. The molecule has 0 aliphatic carbocycles. The summed E-state index contributed by atoms with van der Waals surface area (Å²) >= 11 is 0. The van der Waals surface area contributed by atoms with Gasteiger partial charge in [-0.3, -0.25) is 4.98 Å². The maximum absolute atomic E-state index is 14.7. The van der Waals surface area contributed by atoms with Gasteiger partial charge in [0.15, 0.2) is 0 Å². The molecule has 0 unspecified atom stereocenters. The van der Waals surface area contributed by atoms with Gasteiger partial charge in [0.05, 0.1) is 12.3 Å². The first-order chi connectivity index (χ1) is 15.7. The molecule has 32 heavy (non-hydrogen) atoms. The van der Waals surface area contributed by atoms with E-state index in [9.17, 15) is 4.39 Å². The Balaban J connectivity index is 1.58. The lowest BCUT2D eigenvalue weighted by molar-refractivity contribution is 0.305. The minimum absolute atomic E-state index is 0.196. The molecule has 3 rings (SSSR count). The van der Waals surface area contributed by atoms with Crippen molar-refractivity contribution >= 4 is 0 Å². The van der Waals surface area contributed by atoms with Crippen LogP contribution in [0, 0.1) is 5.82 Å². The molecule has 0 saturated heterocycles. The zero-order valence-electron chi connectivity index (χ0n) is 19.6. The second-order valence-corrected chi connectivity index (χ2v) is 8.49. The van der Waals surface area contributed by atoms with E-state index in [1.165, 1.54) is 38.5 Å². The highest BCUT2D eigenvalue weighted by molar-refractivity contribution is 5.67. The normalized spacial score (nSPS) is 11.0. The van der Waals surface area contributed by atoms with Crippen LogP contribution in [0.25, 0.3) is 22.4 Å². The minimum atomic E-state index is -0.196. The zero-order chi connectivity index (χ0) is 22.6. The maximum atomic E-state index is 14.7. The summed E-state index contributed by atoms with van der Waals surface area (Å²) in [7, 11) is 0. The quantitative estimate of drug-likeness (QED) is 0.252. The molecule has 0 radical (unpaired) electrons. The average molecular weight is 434 g/mol. The Morgan fingerprint density at radius 3 is 2.12 bits per heavy atom. The van der Waals surface area contributed by atoms with E-state index in [0.29, 0.717) is 11.3 Å². The monoisotopic (exact) mass is 433 g/mol. The summed E-state index contributed by atoms with van der Waals surface area (Å²) in [5, 5.41) is 0. The van der Waals surface area contributed by atoms with E-state index in [-0.39, 0.29) is 5.82 Å². The van der Waals surface area contributed by atoms with Gasteiger partial charge in [0.2, 0.25) is 0 Å². The van der Waals surface area contributed by atoms with E-state index >= 15 is 0 Å². The predicted molar refractivity (Wildman–Crippen MR) is 133 cm³/mol. The first kappa shape index (κ1) is 24.0. The van der Waals surface area contributed by atoms with Gasteiger partial charge in [-0.2, -0.15) is 0 Å². The number of rotatable bonds is 13. The standard InChI is InChI=1S/C29H36FNO/c1-3-5-7-9-11-23-12-18-27(28(30)21-23)29-19-15-25(22-31-29)24-13-16-26(17-14-24)32-20-10-8-6-4-2/h12-19,21-22H,3-11,20H2,1-2H3. The number of halogens is 1. The van der Waals surface area contributed by atoms with Gasteiger partial charge < -0.3 is 4.74 Å². The molecule has 1 aromatic heterocycles. The molecule has 0 aliphatic rings. The lowest BCUT2D eigenvalue weighted by Crippen LogP contribution is -1.97. The second kappa shape index (κ2) is 13.0. The molecule has 3 heteroatoms. The molecule has 2 nitrogen and oxygen atoms in total. The van der Waals surface area contributed by atoms with Crippen LogP contribution in [0.3, 0.4) is 0 Å². The molecular formula is C29H36FNO. The number of pyridine rings is 1. The summed E-state index contributed by atoms with van der Waals surface area (Å²) in [6, 6.07) is 17.5. The Labute approximate surface area is 192 Å². The summed E-state index contributed by atoms with van der Waals surface area (Å²) < 4.78 is 20.5. The Bertz CT molecular complexity index is 934. The van der Waals surface area contributed by atoms with E-state index in [1.807, 2.05) is 54.7 Å². The molecular weight excluding hydrogens is 397 g/mol. The Morgan fingerprint density at radius 1 is 0.750 bits per heavy atom. The van der Waals surface area contributed by atoms with Crippen LogP contribution >= 0.6 is 0 Å². The van der Waals surface area contributed by atoms with Crippen molar-refractivity contribution in [3.05, 3.63) is 72.2 Å². The molecule has 0 N–H and O–H groups in total. The van der Waals surface area contributed by atoms with Crippen LogP contribution in [0.1, 0.15) is 70.8 Å². The molecule has 0 aliphatic heterocycles. The van der Waals surface area contributed by atoms with Crippen molar-refractivity contribution in [3.63, 3.8) is 0 Å². The molecule has 3 aromatic rings. The molecule has 1 heterocycles. The highest BCUT2D eigenvalue weighted by Crippen LogP contribution is 2.27. The van der Waals surface area contributed by atoms with Crippen LogP contribution in [0.15, 0.2) is 60.8 Å². The third kappa shape index (κ3) is 7.19. The van der Waals surface area contributed by atoms with Crippen molar-refractivity contribution in [1.29, 1.82) is 0 Å². The van der Waals surface area contributed by atoms with E-state index in [0.717, 1.165) is 48.3 Å². The minimum Gasteiger partial charge on any atom is -0.494 e. The van der Waals surface area contributed by atoms with Gasteiger partial charge in [0.1, 0.15) is 11.6 Å². The maximum Gasteiger partial charge on any atom is 0.132 e. The van der Waals surface area contributed by atoms with Crippen molar-refractivity contribution in [3.8, 4) is 28.1 Å². The number of benzene rings is 2. The number of unbranched alkanes of at least 4 members (excludes halogenated alkanes) is 6. The second-order valence-electron chi connectivity index (χ2n) is 8.49. The number of hydrogen-bond donors (Lipinski definition) is 0. The van der Waals surface area contributed by atoms with Crippen molar-refractivity contribution in [2.24, 2.45) is 0 Å². The van der Waals surface area contributed by atoms with Crippen molar-refractivity contribution in [2.75, 3.05) is 6.61 Å². The van der Waals surface area contributed by atoms with Crippen LogP contribution in [0.2, 0.25) is 0 Å². The Morgan fingerprint density at radius 2 is 1.47 bits per heavy atom. The summed E-state index contributed by atoms with van der Waals surface area (Å²) in [4.78, 5) is 4.53. The molecule has 0 atom stereocenters. The van der Waals surface area contributed by atoms with E-state index < -0.39 is 0 Å². The topological polar surface area (TPSA) is 22.1 Å². The molecule has 0 bridgehead atoms. The van der Waals surface area contributed by atoms with Crippen molar-refractivity contribution < 1.29 is 9.13 Å². The largest absolute Gasteiger partial charge is 0.494 e. The van der Waals surface area contributed by atoms with Crippen LogP contribution < -0.4 is 4.74 Å². The molecule has 0 fully saturated rings. The van der Waals surface area contributed by atoms with Crippen molar-refractivity contribution in [1.82, 2.24) is 4.98 Å². The van der Waals surface area contributed by atoms with Crippen molar-refractivity contribution in [2.45, 2.75) is 71.6 Å². The number of aromatic nitrogens is 1. The van der Waals surface area contributed by atoms with Gasteiger partial charge in [0, 0.05) is 17.3 Å². The van der Waals surface area contributed by atoms with E-state index in [1.54, 1.807) is 6.07 Å². The van der Waals surface area contributed by atoms with Crippen LogP contribution in [-0.4, -0.2) is 11.6 Å². The first-order valence-electron chi connectivity index (χ1n) is 12.2. The smallest absolute Gasteiger partial charge is 0.132 e. The number of aryl methyl sites for hydroxylation is 1. The lowest BCUT2D eigenvalue weighted by Gasteiger charge is -2.09.